The number of aromatic nitrogens is 1. The normalized spacial score (nSPS) is 18.9. The van der Waals surface area contributed by atoms with Crippen molar-refractivity contribution in [2.24, 2.45) is 5.92 Å². The van der Waals surface area contributed by atoms with Gasteiger partial charge in [0.05, 0.1) is 4.88 Å². The molecule has 3 rings (SSSR count). The van der Waals surface area contributed by atoms with Crippen molar-refractivity contribution in [3.05, 3.63) is 28.6 Å². The van der Waals surface area contributed by atoms with Gasteiger partial charge < -0.3 is 4.90 Å². The molecule has 1 saturated heterocycles. The van der Waals surface area contributed by atoms with Crippen LogP contribution in [-0.2, 0) is 0 Å². The molecule has 1 fully saturated rings. The van der Waals surface area contributed by atoms with Gasteiger partial charge in [-0.2, -0.15) is 11.8 Å². The zero-order valence-electron chi connectivity index (χ0n) is 11.9. The summed E-state index contributed by atoms with van der Waals surface area (Å²) >= 11 is 5.09. The van der Waals surface area contributed by atoms with Crippen molar-refractivity contribution in [2.75, 3.05) is 25.1 Å². The molecule has 0 aliphatic carbocycles. The average molecular weight is 339 g/mol. The Morgan fingerprint density at radius 1 is 1.52 bits per heavy atom. The van der Waals surface area contributed by atoms with Crippen LogP contribution in [-0.4, -0.2) is 40.9 Å². The second-order valence-electron chi connectivity index (χ2n) is 5.23. The standard InChI is InChI=1S/C15H18N2OS3/c1-19-9-11-4-2-6-17(8-11)15(18)12-10-21-14(16-12)13-5-3-7-20-13/h3,5,7,10-11H,2,4,6,8-9H2,1H3. The van der Waals surface area contributed by atoms with Crippen LogP contribution in [0.25, 0.3) is 9.88 Å². The van der Waals surface area contributed by atoms with E-state index in [1.165, 1.54) is 6.42 Å². The van der Waals surface area contributed by atoms with Gasteiger partial charge in [0.2, 0.25) is 0 Å². The number of thiophene rings is 1. The molecule has 0 aromatic carbocycles. The average Bonchev–Trinajstić information content (AvgIpc) is 3.18. The van der Waals surface area contributed by atoms with Crippen LogP contribution in [0.15, 0.2) is 22.9 Å². The largest absolute Gasteiger partial charge is 0.337 e. The third-order valence-corrected chi connectivity index (χ3v) is 6.35. The number of hydrogen-bond donors (Lipinski definition) is 0. The SMILES string of the molecule is CSCC1CCCN(C(=O)c2csc(-c3cccs3)n2)C1. The monoisotopic (exact) mass is 338 g/mol. The fourth-order valence-corrected chi connectivity index (χ4v) is 5.02. The summed E-state index contributed by atoms with van der Waals surface area (Å²) in [6, 6.07) is 4.06. The minimum absolute atomic E-state index is 0.0971. The van der Waals surface area contributed by atoms with E-state index in [2.05, 4.69) is 11.2 Å². The molecule has 0 N–H and O–H groups in total. The lowest BCUT2D eigenvalue weighted by atomic mass is 10.00. The van der Waals surface area contributed by atoms with E-state index in [0.29, 0.717) is 11.6 Å². The Morgan fingerprint density at radius 3 is 3.19 bits per heavy atom. The van der Waals surface area contributed by atoms with Crippen LogP contribution < -0.4 is 0 Å². The molecular formula is C15H18N2OS3. The summed E-state index contributed by atoms with van der Waals surface area (Å²) in [5, 5.41) is 4.89. The Labute approximate surface area is 137 Å². The Balaban J connectivity index is 1.70. The number of nitrogens with zero attached hydrogens (tertiary/aromatic N) is 2. The number of thioether (sulfide) groups is 1. The van der Waals surface area contributed by atoms with Crippen molar-refractivity contribution in [3.8, 4) is 9.88 Å². The summed E-state index contributed by atoms with van der Waals surface area (Å²) in [4.78, 5) is 20.3. The highest BCUT2D eigenvalue weighted by Crippen LogP contribution is 2.29. The van der Waals surface area contributed by atoms with Crippen LogP contribution in [0.4, 0.5) is 0 Å². The highest BCUT2D eigenvalue weighted by atomic mass is 32.2. The predicted octanol–water partition coefficient (Wildman–Crippen LogP) is 4.09. The fourth-order valence-electron chi connectivity index (χ4n) is 2.67. The molecule has 0 spiro atoms. The molecule has 1 unspecified atom stereocenters. The number of amides is 1. The first kappa shape index (κ1) is 15.1. The maximum atomic E-state index is 12.6. The van der Waals surface area contributed by atoms with Crippen LogP contribution in [0.3, 0.4) is 0 Å². The van der Waals surface area contributed by atoms with Gasteiger partial charge in [-0.3, -0.25) is 4.79 Å². The molecule has 0 saturated carbocycles. The molecule has 3 nitrogen and oxygen atoms in total. The third kappa shape index (κ3) is 3.49. The van der Waals surface area contributed by atoms with Crippen molar-refractivity contribution >= 4 is 40.3 Å². The fraction of sp³-hybridized carbons (Fsp3) is 0.467. The van der Waals surface area contributed by atoms with Crippen molar-refractivity contribution < 1.29 is 4.79 Å². The number of likely N-dealkylation sites (tertiary alicyclic amines) is 1. The van der Waals surface area contributed by atoms with E-state index in [4.69, 9.17) is 0 Å². The van der Waals surface area contributed by atoms with Gasteiger partial charge in [-0.1, -0.05) is 6.07 Å². The molecule has 112 valence electrons. The van der Waals surface area contributed by atoms with E-state index in [-0.39, 0.29) is 5.91 Å². The molecule has 3 heterocycles. The Bertz CT molecular complexity index is 592. The van der Waals surface area contributed by atoms with Crippen molar-refractivity contribution in [2.45, 2.75) is 12.8 Å². The lowest BCUT2D eigenvalue weighted by Crippen LogP contribution is -2.40. The zero-order chi connectivity index (χ0) is 14.7. The first-order valence-electron chi connectivity index (χ1n) is 7.05. The van der Waals surface area contributed by atoms with Crippen molar-refractivity contribution in [1.29, 1.82) is 0 Å². The first-order chi connectivity index (χ1) is 10.3. The van der Waals surface area contributed by atoms with Crippen molar-refractivity contribution in [1.82, 2.24) is 9.88 Å². The third-order valence-electron chi connectivity index (χ3n) is 3.66. The zero-order valence-corrected chi connectivity index (χ0v) is 14.4. The van der Waals surface area contributed by atoms with Crippen LogP contribution in [0.5, 0.6) is 0 Å². The summed E-state index contributed by atoms with van der Waals surface area (Å²) in [7, 11) is 0. The van der Waals surface area contributed by atoms with Gasteiger partial charge in [-0.05, 0) is 42.2 Å². The van der Waals surface area contributed by atoms with Gasteiger partial charge in [0.25, 0.3) is 5.91 Å². The molecule has 2 aromatic rings. The second kappa shape index (κ2) is 6.94. The van der Waals surface area contributed by atoms with Gasteiger partial charge >= 0.3 is 0 Å². The summed E-state index contributed by atoms with van der Waals surface area (Å²) in [6.07, 6.45) is 4.48. The van der Waals surface area contributed by atoms with E-state index in [0.717, 1.165) is 35.1 Å². The Morgan fingerprint density at radius 2 is 2.43 bits per heavy atom. The van der Waals surface area contributed by atoms with E-state index in [1.807, 2.05) is 39.6 Å². The molecule has 2 aromatic heterocycles. The van der Waals surface area contributed by atoms with Gasteiger partial charge in [-0.15, -0.1) is 22.7 Å². The number of carbonyl (C=O) groups is 1. The smallest absolute Gasteiger partial charge is 0.273 e. The van der Waals surface area contributed by atoms with E-state index >= 15 is 0 Å². The molecule has 21 heavy (non-hydrogen) atoms. The number of piperidine rings is 1. The van der Waals surface area contributed by atoms with Gasteiger partial charge in [-0.25, -0.2) is 4.98 Å². The molecule has 1 amide bonds. The van der Waals surface area contributed by atoms with Gasteiger partial charge in [0.1, 0.15) is 10.7 Å². The maximum absolute atomic E-state index is 12.6. The summed E-state index contributed by atoms with van der Waals surface area (Å²) in [6.45, 7) is 1.75. The Kier molecular flexibility index (Phi) is 4.98. The van der Waals surface area contributed by atoms with Crippen LogP contribution >= 0.6 is 34.4 Å². The lowest BCUT2D eigenvalue weighted by Gasteiger charge is -2.32. The summed E-state index contributed by atoms with van der Waals surface area (Å²) in [5.41, 5.74) is 0.605. The number of carbonyl (C=O) groups excluding carboxylic acids is 1. The first-order valence-corrected chi connectivity index (χ1v) is 10.2. The molecule has 1 atom stereocenters. The predicted molar refractivity (Wildman–Crippen MR) is 92.4 cm³/mol. The number of hydrogen-bond acceptors (Lipinski definition) is 5. The highest BCUT2D eigenvalue weighted by Gasteiger charge is 2.25. The maximum Gasteiger partial charge on any atom is 0.273 e. The lowest BCUT2D eigenvalue weighted by molar-refractivity contribution is 0.0680. The molecule has 6 heteroatoms. The molecule has 0 radical (unpaired) electrons. The minimum Gasteiger partial charge on any atom is -0.337 e. The number of rotatable bonds is 4. The molecule has 0 bridgehead atoms. The Hall–Kier alpha value is -0.850. The van der Waals surface area contributed by atoms with E-state index in [9.17, 15) is 4.79 Å². The summed E-state index contributed by atoms with van der Waals surface area (Å²) < 4.78 is 0. The highest BCUT2D eigenvalue weighted by molar-refractivity contribution is 7.98. The van der Waals surface area contributed by atoms with Crippen LogP contribution in [0.1, 0.15) is 23.3 Å². The summed E-state index contributed by atoms with van der Waals surface area (Å²) in [5.74, 6) is 1.87. The number of thiazole rings is 1. The second-order valence-corrected chi connectivity index (χ2v) is 7.95. The van der Waals surface area contributed by atoms with E-state index < -0.39 is 0 Å². The van der Waals surface area contributed by atoms with Crippen LogP contribution in [0, 0.1) is 5.92 Å². The molecule has 1 aliphatic rings. The molecule has 1 aliphatic heterocycles. The van der Waals surface area contributed by atoms with E-state index in [1.54, 1.807) is 22.7 Å². The topological polar surface area (TPSA) is 33.2 Å². The van der Waals surface area contributed by atoms with Gasteiger partial charge in [0, 0.05) is 18.5 Å². The van der Waals surface area contributed by atoms with Crippen LogP contribution in [0.2, 0.25) is 0 Å². The minimum atomic E-state index is 0.0971. The van der Waals surface area contributed by atoms with Crippen molar-refractivity contribution in [3.63, 3.8) is 0 Å². The quantitative estimate of drug-likeness (QED) is 0.842. The molecular weight excluding hydrogens is 320 g/mol. The van der Waals surface area contributed by atoms with Gasteiger partial charge in [0.15, 0.2) is 0 Å².